The first-order valence-corrected chi connectivity index (χ1v) is 13.0. The van der Waals surface area contributed by atoms with Crippen molar-refractivity contribution in [3.05, 3.63) is 58.2 Å². The second-order valence-electron chi connectivity index (χ2n) is 9.49. The molecule has 2 N–H and O–H groups in total. The highest BCUT2D eigenvalue weighted by molar-refractivity contribution is 6.35. The molecule has 2 fully saturated rings. The summed E-state index contributed by atoms with van der Waals surface area (Å²) in [5.74, 6) is 0.116. The lowest BCUT2D eigenvalue weighted by Crippen LogP contribution is -2.60. The molecule has 0 aliphatic carbocycles. The molecule has 3 atom stereocenters. The number of aliphatic hydroxyl groups excluding tert-OH is 1. The highest BCUT2D eigenvalue weighted by Gasteiger charge is 2.34. The third-order valence-electron chi connectivity index (χ3n) is 7.31. The van der Waals surface area contributed by atoms with E-state index in [0.29, 0.717) is 29.7 Å². The number of rotatable bonds is 5. The second-order valence-corrected chi connectivity index (χ2v) is 10.3. The van der Waals surface area contributed by atoms with Crippen molar-refractivity contribution in [3.63, 3.8) is 0 Å². The van der Waals surface area contributed by atoms with Crippen LogP contribution in [0.1, 0.15) is 37.8 Å². The molecule has 1 amide bonds. The molecule has 9 heteroatoms. The van der Waals surface area contributed by atoms with Crippen LogP contribution in [0.3, 0.4) is 0 Å². The molecular formula is C26H31Cl2N5O2. The fourth-order valence-corrected chi connectivity index (χ4v) is 5.87. The standard InChI is InChI=1S/C26H31Cl2N5O2/c1-17(22-8-6-19(27)12-23(22)28)33-25-13-20(7-5-18(25)14-30-33)31-10-11-32(21(15-31)16-34)26(35)24-4-2-3-9-29-24/h5-8,12-14,17,21,24,29,34H,2-4,9-11,15-16H2,1H3. The van der Waals surface area contributed by atoms with Crippen LogP contribution in [0.25, 0.3) is 10.9 Å². The summed E-state index contributed by atoms with van der Waals surface area (Å²) >= 11 is 12.6. The number of nitrogens with zero attached hydrogens (tertiary/aromatic N) is 4. The Bertz CT molecular complexity index is 1210. The summed E-state index contributed by atoms with van der Waals surface area (Å²) in [6.07, 6.45) is 4.92. The first kappa shape index (κ1) is 24.4. The van der Waals surface area contributed by atoms with E-state index in [1.165, 1.54) is 0 Å². The molecule has 0 saturated carbocycles. The molecule has 1 aromatic heterocycles. The van der Waals surface area contributed by atoms with Crippen LogP contribution in [-0.2, 0) is 4.79 Å². The van der Waals surface area contributed by atoms with Crippen LogP contribution in [0.15, 0.2) is 42.6 Å². The Labute approximate surface area is 215 Å². The Hall–Kier alpha value is -2.32. The summed E-state index contributed by atoms with van der Waals surface area (Å²) in [5.41, 5.74) is 3.01. The average Bonchev–Trinajstić information content (AvgIpc) is 3.31. The number of hydrogen-bond donors (Lipinski definition) is 2. The highest BCUT2D eigenvalue weighted by Crippen LogP contribution is 2.32. The fraction of sp³-hybridized carbons (Fsp3) is 0.462. The topological polar surface area (TPSA) is 73.6 Å². The fourth-order valence-electron chi connectivity index (χ4n) is 5.30. The van der Waals surface area contributed by atoms with Crippen molar-refractivity contribution in [1.29, 1.82) is 0 Å². The van der Waals surface area contributed by atoms with Gasteiger partial charge in [-0.3, -0.25) is 9.48 Å². The second kappa shape index (κ2) is 10.3. The van der Waals surface area contributed by atoms with Gasteiger partial charge in [0, 0.05) is 40.8 Å². The molecule has 2 aliphatic heterocycles. The molecule has 0 radical (unpaired) electrons. The lowest BCUT2D eigenvalue weighted by molar-refractivity contribution is -0.137. The van der Waals surface area contributed by atoms with E-state index in [2.05, 4.69) is 40.4 Å². The minimum absolute atomic E-state index is 0.0543. The van der Waals surface area contributed by atoms with Crippen molar-refractivity contribution in [2.24, 2.45) is 0 Å². The van der Waals surface area contributed by atoms with Crippen LogP contribution in [-0.4, -0.2) is 70.6 Å². The Balaban J connectivity index is 1.37. The van der Waals surface area contributed by atoms with Crippen molar-refractivity contribution >= 4 is 45.7 Å². The number of halogens is 2. The summed E-state index contributed by atoms with van der Waals surface area (Å²) in [4.78, 5) is 17.2. The predicted octanol–water partition coefficient (Wildman–Crippen LogP) is 4.10. The first-order valence-electron chi connectivity index (χ1n) is 12.3. The van der Waals surface area contributed by atoms with Crippen LogP contribution < -0.4 is 10.2 Å². The minimum atomic E-state index is -0.229. The molecular weight excluding hydrogens is 485 g/mol. The summed E-state index contributed by atoms with van der Waals surface area (Å²) in [7, 11) is 0. The molecule has 5 rings (SSSR count). The number of anilines is 1. The van der Waals surface area contributed by atoms with Crippen LogP contribution in [0, 0.1) is 0 Å². The largest absolute Gasteiger partial charge is 0.394 e. The maximum Gasteiger partial charge on any atom is 0.240 e. The summed E-state index contributed by atoms with van der Waals surface area (Å²) < 4.78 is 1.98. The minimum Gasteiger partial charge on any atom is -0.394 e. The van der Waals surface area contributed by atoms with Gasteiger partial charge in [-0.05, 0) is 62.2 Å². The number of carbonyl (C=O) groups is 1. The molecule has 3 heterocycles. The van der Waals surface area contributed by atoms with Gasteiger partial charge in [-0.2, -0.15) is 5.10 Å². The normalized spacial score (nSPS) is 21.9. The van der Waals surface area contributed by atoms with Gasteiger partial charge in [0.25, 0.3) is 0 Å². The van der Waals surface area contributed by atoms with E-state index in [1.54, 1.807) is 6.07 Å². The average molecular weight is 516 g/mol. The third kappa shape index (κ3) is 4.87. The van der Waals surface area contributed by atoms with E-state index < -0.39 is 0 Å². The predicted molar refractivity (Wildman–Crippen MR) is 140 cm³/mol. The molecule has 2 aliphatic rings. The number of benzene rings is 2. The zero-order valence-corrected chi connectivity index (χ0v) is 21.3. The number of fused-ring (bicyclic) bond motifs is 1. The van der Waals surface area contributed by atoms with E-state index in [4.69, 9.17) is 23.2 Å². The zero-order chi connectivity index (χ0) is 24.5. The Morgan fingerprint density at radius 3 is 2.80 bits per heavy atom. The van der Waals surface area contributed by atoms with Gasteiger partial charge in [0.15, 0.2) is 0 Å². The van der Waals surface area contributed by atoms with Crippen molar-refractivity contribution in [1.82, 2.24) is 20.0 Å². The molecule has 35 heavy (non-hydrogen) atoms. The van der Waals surface area contributed by atoms with Crippen molar-refractivity contribution in [2.45, 2.75) is 44.3 Å². The van der Waals surface area contributed by atoms with Crippen LogP contribution in [0.2, 0.25) is 10.0 Å². The Kier molecular flexibility index (Phi) is 7.21. The molecule has 2 aromatic carbocycles. The van der Waals surface area contributed by atoms with Crippen LogP contribution in [0.4, 0.5) is 5.69 Å². The highest BCUT2D eigenvalue weighted by atomic mass is 35.5. The number of carbonyl (C=O) groups excluding carboxylic acids is 1. The van der Waals surface area contributed by atoms with E-state index in [0.717, 1.165) is 48.0 Å². The van der Waals surface area contributed by atoms with E-state index in [9.17, 15) is 9.90 Å². The van der Waals surface area contributed by atoms with Crippen molar-refractivity contribution < 1.29 is 9.90 Å². The molecule has 2 saturated heterocycles. The van der Waals surface area contributed by atoms with E-state index >= 15 is 0 Å². The van der Waals surface area contributed by atoms with Crippen LogP contribution in [0.5, 0.6) is 0 Å². The van der Waals surface area contributed by atoms with Gasteiger partial charge in [-0.1, -0.05) is 35.7 Å². The van der Waals surface area contributed by atoms with Gasteiger partial charge in [-0.25, -0.2) is 0 Å². The number of piperidine rings is 1. The quantitative estimate of drug-likeness (QED) is 0.534. The number of hydrogen-bond acceptors (Lipinski definition) is 5. The summed E-state index contributed by atoms with van der Waals surface area (Å²) in [6, 6.07) is 11.4. The van der Waals surface area contributed by atoms with Crippen molar-refractivity contribution in [2.75, 3.05) is 37.7 Å². The first-order chi connectivity index (χ1) is 17.0. The monoisotopic (exact) mass is 515 g/mol. The molecule has 7 nitrogen and oxygen atoms in total. The lowest BCUT2D eigenvalue weighted by Gasteiger charge is -2.43. The summed E-state index contributed by atoms with van der Waals surface area (Å²) in [5, 5.41) is 20.4. The van der Waals surface area contributed by atoms with E-state index in [1.807, 2.05) is 27.9 Å². The summed E-state index contributed by atoms with van der Waals surface area (Å²) in [6.45, 7) is 4.80. The molecule has 3 unspecified atom stereocenters. The van der Waals surface area contributed by atoms with Crippen LogP contribution >= 0.6 is 23.2 Å². The van der Waals surface area contributed by atoms with Gasteiger partial charge < -0.3 is 20.2 Å². The van der Waals surface area contributed by atoms with Gasteiger partial charge >= 0.3 is 0 Å². The maximum atomic E-state index is 13.1. The third-order valence-corrected chi connectivity index (χ3v) is 7.87. The van der Waals surface area contributed by atoms with Gasteiger partial charge in [-0.15, -0.1) is 0 Å². The molecule has 186 valence electrons. The zero-order valence-electron chi connectivity index (χ0n) is 19.8. The number of aliphatic hydroxyl groups is 1. The number of nitrogens with one attached hydrogen (secondary N) is 1. The van der Waals surface area contributed by atoms with Gasteiger partial charge in [0.05, 0.1) is 36.4 Å². The van der Waals surface area contributed by atoms with Gasteiger partial charge in [0.1, 0.15) is 0 Å². The number of amides is 1. The molecule has 0 spiro atoms. The Morgan fingerprint density at radius 1 is 1.20 bits per heavy atom. The maximum absolute atomic E-state index is 13.1. The van der Waals surface area contributed by atoms with E-state index in [-0.39, 0.29) is 30.6 Å². The SMILES string of the molecule is CC(c1ccc(Cl)cc1Cl)n1ncc2ccc(N3CCN(C(=O)C4CCCCN4)C(CO)C3)cc21. The van der Waals surface area contributed by atoms with Crippen molar-refractivity contribution in [3.8, 4) is 0 Å². The smallest absolute Gasteiger partial charge is 0.240 e. The number of aromatic nitrogens is 2. The molecule has 0 bridgehead atoms. The number of piperazine rings is 1. The van der Waals surface area contributed by atoms with Gasteiger partial charge in [0.2, 0.25) is 5.91 Å². The molecule has 3 aromatic rings. The lowest BCUT2D eigenvalue weighted by atomic mass is 10.0. The Morgan fingerprint density at radius 2 is 2.06 bits per heavy atom.